The molecule has 1 aliphatic heterocycles. The quantitative estimate of drug-likeness (QED) is 0.875. The standard InChI is InChI=1S/C14H20ClN3O.ClH/c1-16-8-11-6-7-18(9-11)10-14(19)17-13-4-2-12(15)3-5-13;/h2-5,11,16H,6-10H2,1H3,(H,17,19);1H. The molecule has 1 aliphatic rings. The van der Waals surface area contributed by atoms with Gasteiger partial charge in [0.05, 0.1) is 6.54 Å². The van der Waals surface area contributed by atoms with Crippen LogP contribution in [0.5, 0.6) is 0 Å². The first-order chi connectivity index (χ1) is 9.17. The summed E-state index contributed by atoms with van der Waals surface area (Å²) >= 11 is 5.80. The molecule has 1 heterocycles. The summed E-state index contributed by atoms with van der Waals surface area (Å²) in [6, 6.07) is 7.17. The fraction of sp³-hybridized carbons (Fsp3) is 0.500. The molecule has 1 amide bonds. The fourth-order valence-corrected chi connectivity index (χ4v) is 2.57. The van der Waals surface area contributed by atoms with Crippen molar-refractivity contribution in [3.8, 4) is 0 Å². The average molecular weight is 318 g/mol. The molecule has 2 rings (SSSR count). The van der Waals surface area contributed by atoms with E-state index in [4.69, 9.17) is 11.6 Å². The Morgan fingerprint density at radius 2 is 2.10 bits per heavy atom. The summed E-state index contributed by atoms with van der Waals surface area (Å²) in [5.74, 6) is 0.695. The molecule has 2 N–H and O–H groups in total. The molecule has 4 nitrogen and oxygen atoms in total. The van der Waals surface area contributed by atoms with Crippen molar-refractivity contribution < 1.29 is 4.79 Å². The van der Waals surface area contributed by atoms with Crippen LogP contribution in [-0.2, 0) is 4.79 Å². The zero-order chi connectivity index (χ0) is 13.7. The lowest BCUT2D eigenvalue weighted by Gasteiger charge is -2.15. The van der Waals surface area contributed by atoms with E-state index in [0.717, 1.165) is 31.7 Å². The molecule has 1 aromatic rings. The number of nitrogens with one attached hydrogen (secondary N) is 2. The van der Waals surface area contributed by atoms with Gasteiger partial charge in [0.2, 0.25) is 5.91 Å². The van der Waals surface area contributed by atoms with Crippen LogP contribution in [0.2, 0.25) is 5.02 Å². The summed E-state index contributed by atoms with van der Waals surface area (Å²) in [6.07, 6.45) is 1.16. The molecule has 112 valence electrons. The van der Waals surface area contributed by atoms with Crippen LogP contribution in [0.15, 0.2) is 24.3 Å². The van der Waals surface area contributed by atoms with E-state index in [0.29, 0.717) is 17.5 Å². The van der Waals surface area contributed by atoms with Crippen LogP contribution in [0.1, 0.15) is 6.42 Å². The van der Waals surface area contributed by atoms with Gasteiger partial charge in [-0.1, -0.05) is 11.6 Å². The Labute approximate surface area is 131 Å². The molecule has 1 atom stereocenters. The van der Waals surface area contributed by atoms with Crippen molar-refractivity contribution in [2.75, 3.05) is 38.5 Å². The second-order valence-corrected chi connectivity index (χ2v) is 5.44. The second kappa shape index (κ2) is 8.47. The number of likely N-dealkylation sites (tertiary alicyclic amines) is 1. The van der Waals surface area contributed by atoms with Gasteiger partial charge in [-0.25, -0.2) is 0 Å². The monoisotopic (exact) mass is 317 g/mol. The van der Waals surface area contributed by atoms with E-state index in [1.807, 2.05) is 19.2 Å². The van der Waals surface area contributed by atoms with E-state index in [1.54, 1.807) is 12.1 Å². The van der Waals surface area contributed by atoms with Crippen LogP contribution in [0.4, 0.5) is 5.69 Å². The highest BCUT2D eigenvalue weighted by Gasteiger charge is 2.23. The van der Waals surface area contributed by atoms with Crippen LogP contribution < -0.4 is 10.6 Å². The van der Waals surface area contributed by atoms with Gasteiger partial charge in [-0.05, 0) is 56.7 Å². The summed E-state index contributed by atoms with van der Waals surface area (Å²) in [7, 11) is 1.97. The van der Waals surface area contributed by atoms with Gasteiger partial charge in [-0.15, -0.1) is 12.4 Å². The number of hydrogen-bond donors (Lipinski definition) is 2. The van der Waals surface area contributed by atoms with E-state index in [1.165, 1.54) is 0 Å². The number of hydrogen-bond acceptors (Lipinski definition) is 3. The normalized spacial score (nSPS) is 18.6. The minimum absolute atomic E-state index is 0. The number of carbonyl (C=O) groups is 1. The van der Waals surface area contributed by atoms with Gasteiger partial charge in [0.25, 0.3) is 0 Å². The van der Waals surface area contributed by atoms with Crippen molar-refractivity contribution in [3.63, 3.8) is 0 Å². The lowest BCUT2D eigenvalue weighted by atomic mass is 10.1. The molecule has 0 aromatic heterocycles. The van der Waals surface area contributed by atoms with Crippen molar-refractivity contribution >= 4 is 35.6 Å². The summed E-state index contributed by atoms with van der Waals surface area (Å²) in [6.45, 7) is 3.48. The van der Waals surface area contributed by atoms with Crippen LogP contribution in [0, 0.1) is 5.92 Å². The van der Waals surface area contributed by atoms with Gasteiger partial charge >= 0.3 is 0 Å². The third-order valence-electron chi connectivity index (χ3n) is 3.36. The van der Waals surface area contributed by atoms with E-state index in [-0.39, 0.29) is 18.3 Å². The average Bonchev–Trinajstić information content (AvgIpc) is 2.80. The highest BCUT2D eigenvalue weighted by molar-refractivity contribution is 6.30. The maximum Gasteiger partial charge on any atom is 0.238 e. The number of rotatable bonds is 5. The SMILES string of the molecule is CNCC1CCN(CC(=O)Nc2ccc(Cl)cc2)C1.Cl. The Hall–Kier alpha value is -0.810. The van der Waals surface area contributed by atoms with Crippen molar-refractivity contribution in [2.45, 2.75) is 6.42 Å². The Morgan fingerprint density at radius 3 is 2.75 bits per heavy atom. The Kier molecular flexibility index (Phi) is 7.30. The molecular formula is C14H21Cl2N3O. The number of amides is 1. The smallest absolute Gasteiger partial charge is 0.238 e. The van der Waals surface area contributed by atoms with Gasteiger partial charge in [-0.3, -0.25) is 9.69 Å². The summed E-state index contributed by atoms with van der Waals surface area (Å²) in [5.41, 5.74) is 0.792. The number of halogens is 2. The number of carbonyl (C=O) groups excluding carboxylic acids is 1. The molecule has 1 aromatic carbocycles. The van der Waals surface area contributed by atoms with E-state index in [2.05, 4.69) is 15.5 Å². The first-order valence-corrected chi connectivity index (χ1v) is 6.97. The van der Waals surface area contributed by atoms with Gasteiger partial charge in [-0.2, -0.15) is 0 Å². The van der Waals surface area contributed by atoms with Gasteiger partial charge in [0, 0.05) is 17.3 Å². The maximum absolute atomic E-state index is 11.9. The Bertz CT molecular complexity index is 425. The minimum Gasteiger partial charge on any atom is -0.325 e. The highest BCUT2D eigenvalue weighted by atomic mass is 35.5. The van der Waals surface area contributed by atoms with Crippen LogP contribution >= 0.6 is 24.0 Å². The molecule has 6 heteroatoms. The summed E-state index contributed by atoms with van der Waals surface area (Å²) < 4.78 is 0. The molecule has 1 unspecified atom stereocenters. The summed E-state index contributed by atoms with van der Waals surface area (Å²) in [4.78, 5) is 14.1. The van der Waals surface area contributed by atoms with Gasteiger partial charge < -0.3 is 10.6 Å². The maximum atomic E-state index is 11.9. The van der Waals surface area contributed by atoms with Crippen molar-refractivity contribution in [3.05, 3.63) is 29.3 Å². The molecule has 1 fully saturated rings. The zero-order valence-corrected chi connectivity index (χ0v) is 13.1. The predicted molar refractivity (Wildman–Crippen MR) is 85.8 cm³/mol. The number of anilines is 1. The number of benzene rings is 1. The van der Waals surface area contributed by atoms with Crippen LogP contribution in [0.25, 0.3) is 0 Å². The zero-order valence-electron chi connectivity index (χ0n) is 11.6. The third-order valence-corrected chi connectivity index (χ3v) is 3.61. The summed E-state index contributed by atoms with van der Waals surface area (Å²) in [5, 5.41) is 6.75. The molecule has 0 aliphatic carbocycles. The predicted octanol–water partition coefficient (Wildman–Crippen LogP) is 2.24. The van der Waals surface area contributed by atoms with Crippen LogP contribution in [-0.4, -0.2) is 44.0 Å². The Morgan fingerprint density at radius 1 is 1.40 bits per heavy atom. The van der Waals surface area contributed by atoms with Crippen LogP contribution in [0.3, 0.4) is 0 Å². The van der Waals surface area contributed by atoms with Crippen molar-refractivity contribution in [1.82, 2.24) is 10.2 Å². The molecule has 0 saturated carbocycles. The molecule has 20 heavy (non-hydrogen) atoms. The largest absolute Gasteiger partial charge is 0.325 e. The van der Waals surface area contributed by atoms with E-state index >= 15 is 0 Å². The van der Waals surface area contributed by atoms with E-state index < -0.39 is 0 Å². The van der Waals surface area contributed by atoms with Gasteiger partial charge in [0.15, 0.2) is 0 Å². The lowest BCUT2D eigenvalue weighted by molar-refractivity contribution is -0.117. The molecule has 1 saturated heterocycles. The number of nitrogens with zero attached hydrogens (tertiary/aromatic N) is 1. The lowest BCUT2D eigenvalue weighted by Crippen LogP contribution is -2.32. The Balaban J connectivity index is 0.00000200. The second-order valence-electron chi connectivity index (χ2n) is 5.00. The van der Waals surface area contributed by atoms with Crippen molar-refractivity contribution in [2.24, 2.45) is 5.92 Å². The first kappa shape index (κ1) is 17.2. The molecular weight excluding hydrogens is 297 g/mol. The topological polar surface area (TPSA) is 44.4 Å². The molecule has 0 radical (unpaired) electrons. The third kappa shape index (κ3) is 5.29. The molecule has 0 spiro atoms. The van der Waals surface area contributed by atoms with Gasteiger partial charge in [0.1, 0.15) is 0 Å². The minimum atomic E-state index is 0. The van der Waals surface area contributed by atoms with Crippen molar-refractivity contribution in [1.29, 1.82) is 0 Å². The first-order valence-electron chi connectivity index (χ1n) is 6.60. The highest BCUT2D eigenvalue weighted by Crippen LogP contribution is 2.16. The molecule has 0 bridgehead atoms. The fourth-order valence-electron chi connectivity index (χ4n) is 2.45. The van der Waals surface area contributed by atoms with E-state index in [9.17, 15) is 4.79 Å².